The minimum absolute atomic E-state index is 0.0298. The van der Waals surface area contributed by atoms with Gasteiger partial charge >= 0.3 is 0 Å². The van der Waals surface area contributed by atoms with Gasteiger partial charge in [0.25, 0.3) is 11.6 Å². The van der Waals surface area contributed by atoms with Gasteiger partial charge in [0.05, 0.1) is 9.82 Å². The van der Waals surface area contributed by atoms with Crippen molar-refractivity contribution >= 4 is 21.6 Å². The van der Waals surface area contributed by atoms with Crippen molar-refractivity contribution in [1.29, 1.82) is 0 Å². The summed E-state index contributed by atoms with van der Waals surface area (Å²) in [6.07, 6.45) is 0.665. The van der Waals surface area contributed by atoms with Crippen molar-refractivity contribution in [2.24, 2.45) is 0 Å². The van der Waals surface area contributed by atoms with Crippen LogP contribution in [0.5, 0.6) is 5.75 Å². The quantitative estimate of drug-likeness (QED) is 0.252. The van der Waals surface area contributed by atoms with Gasteiger partial charge in [0, 0.05) is 31.6 Å². The highest BCUT2D eigenvalue weighted by Gasteiger charge is 2.17. The first-order valence-electron chi connectivity index (χ1n) is 10.1. The smallest absolute Gasteiger partial charge is 0.270 e. The van der Waals surface area contributed by atoms with E-state index in [1.54, 1.807) is 6.07 Å². The first kappa shape index (κ1) is 23.9. The Labute approximate surface area is 191 Å². The third-order valence-electron chi connectivity index (χ3n) is 4.65. The number of hydrogen-bond donors (Lipinski definition) is 2. The molecule has 0 radical (unpaired) electrons. The minimum Gasteiger partial charge on any atom is -0.483 e. The number of hydrogen-bond acceptors (Lipinski definition) is 6. The largest absolute Gasteiger partial charge is 0.483 e. The van der Waals surface area contributed by atoms with Gasteiger partial charge in [-0.3, -0.25) is 14.9 Å². The third-order valence-corrected chi connectivity index (χ3v) is 6.11. The Bertz CT molecular complexity index is 1220. The molecule has 0 spiro atoms. The second kappa shape index (κ2) is 11.2. The minimum atomic E-state index is -3.94. The van der Waals surface area contributed by atoms with Gasteiger partial charge in [-0.1, -0.05) is 54.6 Å². The van der Waals surface area contributed by atoms with Crippen molar-refractivity contribution in [3.05, 3.63) is 100 Å². The number of carbonyl (C=O) groups excluding carboxylic acids is 1. The fourth-order valence-corrected chi connectivity index (χ4v) is 4.11. The average molecular weight is 470 g/mol. The molecule has 1 amide bonds. The lowest BCUT2D eigenvalue weighted by Gasteiger charge is -2.12. The molecule has 0 unspecified atom stereocenters. The molecule has 0 aliphatic heterocycles. The topological polar surface area (TPSA) is 128 Å². The van der Waals surface area contributed by atoms with Crippen LogP contribution in [0.3, 0.4) is 0 Å². The normalized spacial score (nSPS) is 11.0. The van der Waals surface area contributed by atoms with Crippen molar-refractivity contribution in [1.82, 2.24) is 10.0 Å². The number of ether oxygens (including phenoxy) is 1. The molecule has 9 nitrogen and oxygen atoms in total. The van der Waals surface area contributed by atoms with Crippen LogP contribution in [0.25, 0.3) is 0 Å². The Morgan fingerprint density at radius 1 is 0.939 bits per heavy atom. The summed E-state index contributed by atoms with van der Waals surface area (Å²) in [5, 5.41) is 13.4. The Morgan fingerprint density at radius 3 is 2.42 bits per heavy atom. The van der Waals surface area contributed by atoms with Crippen molar-refractivity contribution in [3.63, 3.8) is 0 Å². The zero-order chi connectivity index (χ0) is 23.7. The van der Waals surface area contributed by atoms with Crippen LogP contribution in [0.2, 0.25) is 0 Å². The van der Waals surface area contributed by atoms with Gasteiger partial charge in [-0.25, -0.2) is 13.1 Å². The molecule has 33 heavy (non-hydrogen) atoms. The maximum atomic E-state index is 12.3. The zero-order valence-corrected chi connectivity index (χ0v) is 18.5. The number of benzene rings is 3. The molecule has 0 aromatic heterocycles. The van der Waals surface area contributed by atoms with Gasteiger partial charge in [0.2, 0.25) is 10.0 Å². The standard InChI is InChI=1S/C23H23N3O6S/c27-23(17-32-22-12-5-4-9-19(22)15-18-7-2-1-3-8-18)24-13-14-25-33(30,31)21-11-6-10-20(16-21)26(28)29/h1-12,16,25H,13-15,17H2,(H,24,27). The summed E-state index contributed by atoms with van der Waals surface area (Å²) in [6, 6.07) is 22.1. The van der Waals surface area contributed by atoms with E-state index in [9.17, 15) is 23.3 Å². The van der Waals surface area contributed by atoms with Gasteiger partial charge < -0.3 is 10.1 Å². The fourth-order valence-electron chi connectivity index (χ4n) is 3.04. The Hall–Kier alpha value is -3.76. The van der Waals surface area contributed by atoms with Crippen LogP contribution in [0.15, 0.2) is 83.8 Å². The van der Waals surface area contributed by atoms with Crippen molar-refractivity contribution < 1.29 is 22.9 Å². The molecule has 0 aliphatic carbocycles. The van der Waals surface area contributed by atoms with Crippen LogP contribution in [0, 0.1) is 10.1 Å². The Balaban J connectivity index is 1.46. The fraction of sp³-hybridized carbons (Fsp3) is 0.174. The summed E-state index contributed by atoms with van der Waals surface area (Å²) in [5.41, 5.74) is 1.74. The van der Waals surface area contributed by atoms with E-state index in [-0.39, 0.29) is 30.3 Å². The number of para-hydroxylation sites is 1. The van der Waals surface area contributed by atoms with E-state index in [0.29, 0.717) is 12.2 Å². The predicted molar refractivity (Wildman–Crippen MR) is 122 cm³/mol. The summed E-state index contributed by atoms with van der Waals surface area (Å²) in [4.78, 5) is 22.0. The number of carbonyl (C=O) groups is 1. The number of nitro benzene ring substituents is 1. The highest BCUT2D eigenvalue weighted by atomic mass is 32.2. The van der Waals surface area contributed by atoms with E-state index in [0.717, 1.165) is 17.2 Å². The molecule has 0 saturated carbocycles. The van der Waals surface area contributed by atoms with E-state index < -0.39 is 20.9 Å². The molecule has 10 heteroatoms. The summed E-state index contributed by atoms with van der Waals surface area (Å²) in [5.74, 6) is 0.196. The van der Waals surface area contributed by atoms with E-state index in [4.69, 9.17) is 4.74 Å². The number of sulfonamides is 1. The van der Waals surface area contributed by atoms with Gasteiger partial charge in [-0.15, -0.1) is 0 Å². The first-order valence-corrected chi connectivity index (χ1v) is 11.6. The molecule has 3 rings (SSSR count). The van der Waals surface area contributed by atoms with Crippen LogP contribution in [-0.2, 0) is 21.2 Å². The number of amides is 1. The predicted octanol–water partition coefficient (Wildman–Crippen LogP) is 2.66. The molecule has 3 aromatic rings. The SMILES string of the molecule is O=C(COc1ccccc1Cc1ccccc1)NCCNS(=O)(=O)c1cccc([N+](=O)[O-])c1. The summed E-state index contributed by atoms with van der Waals surface area (Å²) < 4.78 is 32.5. The molecule has 0 bridgehead atoms. The monoisotopic (exact) mass is 469 g/mol. The Morgan fingerprint density at radius 2 is 1.67 bits per heavy atom. The Kier molecular flexibility index (Phi) is 8.11. The molecule has 0 aliphatic rings. The van der Waals surface area contributed by atoms with Crippen molar-refractivity contribution in [3.8, 4) is 5.75 Å². The van der Waals surface area contributed by atoms with Gasteiger partial charge in [-0.05, 0) is 23.3 Å². The summed E-state index contributed by atoms with van der Waals surface area (Å²) in [7, 11) is -3.94. The maximum Gasteiger partial charge on any atom is 0.270 e. The number of nitro groups is 1. The van der Waals surface area contributed by atoms with Crippen LogP contribution in [-0.4, -0.2) is 38.9 Å². The number of nitrogens with zero attached hydrogens (tertiary/aromatic N) is 1. The molecule has 172 valence electrons. The van der Waals surface area contributed by atoms with Crippen LogP contribution in [0.1, 0.15) is 11.1 Å². The van der Waals surface area contributed by atoms with Crippen molar-refractivity contribution in [2.75, 3.05) is 19.7 Å². The van der Waals surface area contributed by atoms with Gasteiger partial charge in [0.1, 0.15) is 5.75 Å². The number of nitrogens with one attached hydrogen (secondary N) is 2. The molecule has 0 atom stereocenters. The van der Waals surface area contributed by atoms with Gasteiger partial charge in [0.15, 0.2) is 6.61 Å². The average Bonchev–Trinajstić information content (AvgIpc) is 2.82. The molecule has 2 N–H and O–H groups in total. The number of non-ortho nitro benzene ring substituents is 1. The molecule has 0 saturated heterocycles. The van der Waals surface area contributed by atoms with E-state index in [1.165, 1.54) is 18.2 Å². The molecule has 0 fully saturated rings. The lowest BCUT2D eigenvalue weighted by Crippen LogP contribution is -2.36. The zero-order valence-electron chi connectivity index (χ0n) is 17.6. The summed E-state index contributed by atoms with van der Waals surface area (Å²) >= 11 is 0. The number of rotatable bonds is 11. The molecule has 3 aromatic carbocycles. The lowest BCUT2D eigenvalue weighted by molar-refractivity contribution is -0.385. The lowest BCUT2D eigenvalue weighted by atomic mass is 10.0. The summed E-state index contributed by atoms with van der Waals surface area (Å²) in [6.45, 7) is -0.271. The van der Waals surface area contributed by atoms with E-state index in [2.05, 4.69) is 10.0 Å². The van der Waals surface area contributed by atoms with Crippen LogP contribution in [0.4, 0.5) is 5.69 Å². The highest BCUT2D eigenvalue weighted by Crippen LogP contribution is 2.21. The second-order valence-corrected chi connectivity index (χ2v) is 8.83. The van der Waals surface area contributed by atoms with Crippen LogP contribution >= 0.6 is 0 Å². The second-order valence-electron chi connectivity index (χ2n) is 7.06. The highest BCUT2D eigenvalue weighted by molar-refractivity contribution is 7.89. The molecule has 0 heterocycles. The third kappa shape index (κ3) is 7.13. The van der Waals surface area contributed by atoms with Gasteiger partial charge in [-0.2, -0.15) is 0 Å². The van der Waals surface area contributed by atoms with Crippen LogP contribution < -0.4 is 14.8 Å². The molecular weight excluding hydrogens is 446 g/mol. The van der Waals surface area contributed by atoms with E-state index in [1.807, 2.05) is 48.5 Å². The van der Waals surface area contributed by atoms with Crippen molar-refractivity contribution in [2.45, 2.75) is 11.3 Å². The van der Waals surface area contributed by atoms with E-state index >= 15 is 0 Å². The molecular formula is C23H23N3O6S. The first-order chi connectivity index (χ1) is 15.8. The maximum absolute atomic E-state index is 12.3.